The predicted molar refractivity (Wildman–Crippen MR) is 72.8 cm³/mol. The first-order valence-electron chi connectivity index (χ1n) is 5.95. The molecule has 2 N–H and O–H groups in total. The summed E-state index contributed by atoms with van der Waals surface area (Å²) in [5, 5.41) is 16.9. The molecule has 0 spiro atoms. The van der Waals surface area contributed by atoms with Gasteiger partial charge in [-0.15, -0.1) is 0 Å². The Morgan fingerprint density at radius 1 is 1.00 bits per heavy atom. The summed E-state index contributed by atoms with van der Waals surface area (Å²) in [6, 6.07) is 0. The molecule has 0 aromatic heterocycles. The Labute approximate surface area is 111 Å². The minimum atomic E-state index is -3.27. The van der Waals surface area contributed by atoms with Gasteiger partial charge in [0.25, 0.3) is 10.1 Å². The van der Waals surface area contributed by atoms with E-state index in [0.717, 1.165) is 12.7 Å². The molecule has 0 aliphatic carbocycles. The van der Waals surface area contributed by atoms with Gasteiger partial charge in [-0.1, -0.05) is 34.6 Å². The largest absolute Gasteiger partial charge is 0.396 e. The average Bonchev–Trinajstić information content (AvgIpc) is 2.27. The first kappa shape index (κ1) is 20.2. The summed E-state index contributed by atoms with van der Waals surface area (Å²) in [5.41, 5.74) is -0.358. The molecule has 5 nitrogen and oxygen atoms in total. The van der Waals surface area contributed by atoms with Gasteiger partial charge < -0.3 is 10.2 Å². The van der Waals surface area contributed by atoms with E-state index >= 15 is 0 Å². The maximum Gasteiger partial charge on any atom is 0.264 e. The third-order valence-electron chi connectivity index (χ3n) is 2.48. The van der Waals surface area contributed by atoms with E-state index in [4.69, 9.17) is 10.2 Å². The topological polar surface area (TPSA) is 83.8 Å². The minimum absolute atomic E-state index is 0.0451. The Morgan fingerprint density at radius 2 is 1.39 bits per heavy atom. The van der Waals surface area contributed by atoms with Crippen LogP contribution in [0, 0.1) is 10.8 Å². The van der Waals surface area contributed by atoms with Crippen molar-refractivity contribution in [2.45, 2.75) is 41.0 Å². The second-order valence-electron chi connectivity index (χ2n) is 5.96. The van der Waals surface area contributed by atoms with Gasteiger partial charge in [-0.2, -0.15) is 8.42 Å². The van der Waals surface area contributed by atoms with E-state index in [9.17, 15) is 8.42 Å². The highest BCUT2D eigenvalue weighted by atomic mass is 32.2. The van der Waals surface area contributed by atoms with Crippen LogP contribution in [0.1, 0.15) is 41.0 Å². The van der Waals surface area contributed by atoms with E-state index in [1.807, 2.05) is 20.8 Å². The predicted octanol–water partition coefficient (Wildman–Crippen LogP) is 1.40. The molecule has 0 saturated carbocycles. The number of rotatable bonds is 6. The van der Waals surface area contributed by atoms with E-state index in [0.29, 0.717) is 0 Å². The zero-order chi connectivity index (χ0) is 15.0. The summed E-state index contributed by atoms with van der Waals surface area (Å²) < 4.78 is 25.8. The van der Waals surface area contributed by atoms with Crippen molar-refractivity contribution >= 4 is 10.1 Å². The van der Waals surface area contributed by atoms with Gasteiger partial charge in [0, 0.05) is 5.41 Å². The van der Waals surface area contributed by atoms with Crippen LogP contribution in [0.3, 0.4) is 0 Å². The van der Waals surface area contributed by atoms with Gasteiger partial charge in [-0.25, -0.2) is 0 Å². The number of hydrogen-bond acceptors (Lipinski definition) is 5. The van der Waals surface area contributed by atoms with Crippen molar-refractivity contribution in [3.8, 4) is 0 Å². The molecule has 0 atom stereocenters. The Balaban J connectivity index is 0. The lowest BCUT2D eigenvalue weighted by Gasteiger charge is -2.20. The van der Waals surface area contributed by atoms with Gasteiger partial charge in [0.05, 0.1) is 26.1 Å². The average molecular weight is 284 g/mol. The van der Waals surface area contributed by atoms with Gasteiger partial charge in [0.1, 0.15) is 0 Å². The molecule has 0 unspecified atom stereocenters. The lowest BCUT2D eigenvalue weighted by Crippen LogP contribution is -2.20. The molecule has 0 heterocycles. The summed E-state index contributed by atoms with van der Waals surface area (Å²) in [6.07, 6.45) is 1.97. The summed E-state index contributed by atoms with van der Waals surface area (Å²) in [6.45, 7) is 9.90. The molecule has 112 valence electrons. The molecule has 0 rings (SSSR count). The van der Waals surface area contributed by atoms with Crippen LogP contribution < -0.4 is 0 Å². The van der Waals surface area contributed by atoms with Crippen molar-refractivity contribution in [1.82, 2.24) is 0 Å². The second-order valence-corrected chi connectivity index (χ2v) is 7.61. The van der Waals surface area contributed by atoms with Crippen molar-refractivity contribution in [2.75, 3.05) is 26.1 Å². The van der Waals surface area contributed by atoms with Crippen molar-refractivity contribution in [2.24, 2.45) is 10.8 Å². The van der Waals surface area contributed by atoms with E-state index in [-0.39, 0.29) is 30.7 Å². The molecular formula is C12H28O5S. The number of aliphatic hydroxyl groups excluding tert-OH is 2. The normalized spacial score (nSPS) is 12.9. The molecule has 6 heteroatoms. The van der Waals surface area contributed by atoms with Gasteiger partial charge >= 0.3 is 0 Å². The molecule has 0 bridgehead atoms. The van der Waals surface area contributed by atoms with Gasteiger partial charge in [-0.3, -0.25) is 4.18 Å². The van der Waals surface area contributed by atoms with Gasteiger partial charge in [0.15, 0.2) is 0 Å². The molecule has 0 aromatic carbocycles. The third-order valence-corrected chi connectivity index (χ3v) is 3.02. The van der Waals surface area contributed by atoms with E-state index in [1.165, 1.54) is 0 Å². The molecule has 0 aliphatic heterocycles. The summed E-state index contributed by atoms with van der Waals surface area (Å²) >= 11 is 0. The van der Waals surface area contributed by atoms with Gasteiger partial charge in [0.2, 0.25) is 0 Å². The highest BCUT2D eigenvalue weighted by Gasteiger charge is 2.17. The first-order valence-corrected chi connectivity index (χ1v) is 7.77. The summed E-state index contributed by atoms with van der Waals surface area (Å²) in [7, 11) is -3.27. The Morgan fingerprint density at radius 3 is 1.56 bits per heavy atom. The minimum Gasteiger partial charge on any atom is -0.396 e. The monoisotopic (exact) mass is 284 g/mol. The zero-order valence-corrected chi connectivity index (χ0v) is 13.2. The fourth-order valence-corrected chi connectivity index (χ4v) is 0.952. The van der Waals surface area contributed by atoms with Crippen molar-refractivity contribution in [3.63, 3.8) is 0 Å². The highest BCUT2D eigenvalue weighted by Crippen LogP contribution is 2.20. The lowest BCUT2D eigenvalue weighted by molar-refractivity contribution is 0.0857. The van der Waals surface area contributed by atoms with Crippen LogP contribution in [0.25, 0.3) is 0 Å². The van der Waals surface area contributed by atoms with Crippen LogP contribution >= 0.6 is 0 Å². The third kappa shape index (κ3) is 13.9. The van der Waals surface area contributed by atoms with Crippen molar-refractivity contribution < 1.29 is 22.8 Å². The SMILES string of the molecule is CC(C)(CO)CO.CCC(C)(C)COS(C)(=O)=O. The van der Waals surface area contributed by atoms with Crippen LogP contribution in [-0.4, -0.2) is 44.7 Å². The Kier molecular flexibility index (Phi) is 9.06. The number of aliphatic hydroxyl groups is 2. The first-order chi connectivity index (χ1) is 7.89. The smallest absolute Gasteiger partial charge is 0.264 e. The maximum atomic E-state index is 10.6. The van der Waals surface area contributed by atoms with Crippen LogP contribution in [-0.2, 0) is 14.3 Å². The van der Waals surface area contributed by atoms with Gasteiger partial charge in [-0.05, 0) is 11.8 Å². The molecule has 0 aliphatic rings. The lowest BCUT2D eigenvalue weighted by atomic mass is 9.92. The number of hydrogen-bond donors (Lipinski definition) is 2. The second kappa shape index (κ2) is 8.09. The van der Waals surface area contributed by atoms with Crippen LogP contribution in [0.15, 0.2) is 0 Å². The van der Waals surface area contributed by atoms with Crippen molar-refractivity contribution in [3.05, 3.63) is 0 Å². The zero-order valence-electron chi connectivity index (χ0n) is 12.4. The molecule has 0 radical (unpaired) electrons. The fraction of sp³-hybridized carbons (Fsp3) is 1.00. The quantitative estimate of drug-likeness (QED) is 0.720. The molecule has 0 amide bonds. The molecular weight excluding hydrogens is 256 g/mol. The van der Waals surface area contributed by atoms with Crippen LogP contribution in [0.2, 0.25) is 0 Å². The Bertz CT molecular complexity index is 300. The van der Waals surface area contributed by atoms with E-state index < -0.39 is 10.1 Å². The standard InChI is InChI=1S/C7H16O3S.C5H12O2/c1-5-7(2,3)6-10-11(4,8)9;1-5(2,3-6)4-7/h5-6H2,1-4H3;6-7H,3-4H2,1-2H3. The molecule has 0 saturated heterocycles. The molecule has 0 aromatic rings. The van der Waals surface area contributed by atoms with E-state index in [1.54, 1.807) is 13.8 Å². The maximum absolute atomic E-state index is 10.6. The van der Waals surface area contributed by atoms with E-state index in [2.05, 4.69) is 4.18 Å². The fourth-order valence-electron chi connectivity index (χ4n) is 0.419. The van der Waals surface area contributed by atoms with Crippen molar-refractivity contribution in [1.29, 1.82) is 0 Å². The molecule has 0 fully saturated rings. The summed E-state index contributed by atoms with van der Waals surface area (Å²) in [4.78, 5) is 0. The van der Waals surface area contributed by atoms with Crippen LogP contribution in [0.4, 0.5) is 0 Å². The summed E-state index contributed by atoms with van der Waals surface area (Å²) in [5.74, 6) is 0. The highest BCUT2D eigenvalue weighted by molar-refractivity contribution is 7.85. The van der Waals surface area contributed by atoms with Crippen LogP contribution in [0.5, 0.6) is 0 Å². The molecule has 18 heavy (non-hydrogen) atoms. The Hall–Kier alpha value is -0.170.